The number of aliphatic hydroxyl groups excluding tert-OH is 2. The summed E-state index contributed by atoms with van der Waals surface area (Å²) in [7, 11) is 0. The molecule has 0 amide bonds. The molecule has 2 saturated heterocycles. The molecule has 3 saturated carbocycles. The molecule has 5 rings (SSSR count). The van der Waals surface area contributed by atoms with E-state index in [4.69, 9.17) is 9.47 Å². The summed E-state index contributed by atoms with van der Waals surface area (Å²) in [6.45, 7) is 13.4. The van der Waals surface area contributed by atoms with Gasteiger partial charge in [0.05, 0.1) is 12.7 Å². The van der Waals surface area contributed by atoms with Gasteiger partial charge >= 0.3 is 0 Å². The van der Waals surface area contributed by atoms with E-state index < -0.39 is 0 Å². The van der Waals surface area contributed by atoms with Crippen molar-refractivity contribution in [3.63, 3.8) is 0 Å². The number of ether oxygens (including phenoxy) is 2. The molecule has 3 aliphatic carbocycles. The van der Waals surface area contributed by atoms with Gasteiger partial charge in [-0.1, -0.05) is 41.0 Å². The van der Waals surface area contributed by atoms with Crippen molar-refractivity contribution in [1.82, 2.24) is 0 Å². The predicted octanol–water partition coefficient (Wildman–Crippen LogP) is 5.26. The Morgan fingerprint density at radius 2 is 1.53 bits per heavy atom. The van der Waals surface area contributed by atoms with Crippen LogP contribution >= 0.6 is 0 Å². The van der Waals surface area contributed by atoms with Crippen LogP contribution in [0.3, 0.4) is 0 Å². The van der Waals surface area contributed by atoms with Crippen molar-refractivity contribution < 1.29 is 19.7 Å². The molecule has 0 bridgehead atoms. The second kappa shape index (κ2) is 8.21. The minimum absolute atomic E-state index is 0.143. The van der Waals surface area contributed by atoms with Crippen LogP contribution in [0.1, 0.15) is 86.0 Å². The topological polar surface area (TPSA) is 58.9 Å². The molecule has 2 heterocycles. The van der Waals surface area contributed by atoms with Crippen molar-refractivity contribution in [2.24, 2.45) is 58.2 Å². The smallest absolute Gasteiger partial charge is 0.171 e. The van der Waals surface area contributed by atoms with Crippen LogP contribution in [0.25, 0.3) is 0 Å². The van der Waals surface area contributed by atoms with Crippen molar-refractivity contribution in [1.29, 1.82) is 0 Å². The average Bonchev–Trinajstić information content (AvgIpc) is 3.21. The number of rotatable bonds is 3. The van der Waals surface area contributed by atoms with Crippen LogP contribution in [-0.4, -0.2) is 41.9 Å². The molecule has 2 aliphatic heterocycles. The van der Waals surface area contributed by atoms with Crippen LogP contribution in [0.4, 0.5) is 0 Å². The molecule has 184 valence electrons. The molecule has 1 unspecified atom stereocenters. The molecular weight excluding hydrogens is 400 g/mol. The molecule has 32 heavy (non-hydrogen) atoms. The second-order valence-electron chi connectivity index (χ2n) is 13.3. The second-order valence-corrected chi connectivity index (χ2v) is 13.3. The van der Waals surface area contributed by atoms with Crippen LogP contribution in [0, 0.1) is 58.2 Å². The Bertz CT molecular complexity index is 687. The van der Waals surface area contributed by atoms with Crippen LogP contribution < -0.4 is 0 Å². The molecule has 4 nitrogen and oxygen atoms in total. The summed E-state index contributed by atoms with van der Waals surface area (Å²) in [4.78, 5) is 0. The van der Waals surface area contributed by atoms with Gasteiger partial charge in [-0.3, -0.25) is 0 Å². The van der Waals surface area contributed by atoms with E-state index in [1.54, 1.807) is 0 Å². The maximum Gasteiger partial charge on any atom is 0.171 e. The van der Waals surface area contributed by atoms with E-state index in [1.165, 1.54) is 32.1 Å². The molecule has 0 aromatic carbocycles. The zero-order chi connectivity index (χ0) is 22.9. The monoisotopic (exact) mass is 448 g/mol. The van der Waals surface area contributed by atoms with E-state index in [-0.39, 0.29) is 29.3 Å². The molecule has 0 aromatic rings. The summed E-state index contributed by atoms with van der Waals surface area (Å²) in [6.07, 6.45) is 9.57. The third-order valence-corrected chi connectivity index (χ3v) is 11.8. The van der Waals surface area contributed by atoms with Crippen molar-refractivity contribution >= 4 is 0 Å². The first kappa shape index (κ1) is 23.6. The molecule has 0 radical (unpaired) electrons. The van der Waals surface area contributed by atoms with E-state index in [9.17, 15) is 10.2 Å². The lowest BCUT2D eigenvalue weighted by atomic mass is 9.48. The van der Waals surface area contributed by atoms with Crippen molar-refractivity contribution in [2.45, 2.75) is 97.9 Å². The standard InChI is InChI=1S/C28H48O4/c1-17-6-9-26(4,20(12-17)14-29)22-8-10-27(5)23(21(22)15-30)13-24-25(27)19(3)28(32-24)11-7-18(2)16-31-28/h17-25,29-30H,6-16H2,1-5H3/t17-,18?,19-,20+,21+,22-,23-,24-,25-,26-,27-,28+/m0/s1. The molecule has 5 fully saturated rings. The van der Waals surface area contributed by atoms with Gasteiger partial charge in [-0.2, -0.15) is 0 Å². The lowest BCUT2D eigenvalue weighted by Crippen LogP contribution is -2.53. The SMILES string of the molecule is CC1CC[C@@]2(OC1)O[C@H]1C[C@H]3[C@H](CO)[C@@H]([C@@]4(C)CC[C@H](C)C[C@@H]4CO)CC[C@]3(C)[C@H]1[C@@H]2C. The van der Waals surface area contributed by atoms with E-state index >= 15 is 0 Å². The number of hydrogen-bond donors (Lipinski definition) is 2. The first-order valence-electron chi connectivity index (χ1n) is 13.7. The fourth-order valence-electron chi connectivity index (χ4n) is 9.78. The minimum atomic E-state index is -0.366. The highest BCUT2D eigenvalue weighted by Crippen LogP contribution is 2.69. The van der Waals surface area contributed by atoms with Gasteiger partial charge < -0.3 is 19.7 Å². The number of hydrogen-bond acceptors (Lipinski definition) is 4. The van der Waals surface area contributed by atoms with Gasteiger partial charge in [-0.15, -0.1) is 0 Å². The van der Waals surface area contributed by atoms with Gasteiger partial charge in [0.15, 0.2) is 5.79 Å². The maximum absolute atomic E-state index is 10.8. The zero-order valence-corrected chi connectivity index (χ0v) is 21.2. The summed E-state index contributed by atoms with van der Waals surface area (Å²) < 4.78 is 13.3. The summed E-state index contributed by atoms with van der Waals surface area (Å²) >= 11 is 0. The van der Waals surface area contributed by atoms with E-state index in [0.29, 0.717) is 54.0 Å². The molecule has 0 aromatic heterocycles. The highest BCUT2D eigenvalue weighted by Gasteiger charge is 2.68. The molecule has 2 N–H and O–H groups in total. The third kappa shape index (κ3) is 3.29. The number of aliphatic hydroxyl groups is 2. The highest BCUT2D eigenvalue weighted by molar-refractivity contribution is 5.14. The largest absolute Gasteiger partial charge is 0.396 e. The Balaban J connectivity index is 1.40. The van der Waals surface area contributed by atoms with E-state index in [2.05, 4.69) is 34.6 Å². The van der Waals surface area contributed by atoms with Gasteiger partial charge in [-0.25, -0.2) is 0 Å². The Morgan fingerprint density at radius 3 is 2.19 bits per heavy atom. The lowest BCUT2D eigenvalue weighted by molar-refractivity contribution is -0.273. The molecule has 4 heteroatoms. The summed E-state index contributed by atoms with van der Waals surface area (Å²) in [6, 6.07) is 0. The van der Waals surface area contributed by atoms with Gasteiger partial charge in [0, 0.05) is 25.6 Å². The van der Waals surface area contributed by atoms with Crippen LogP contribution in [0.2, 0.25) is 0 Å². The van der Waals surface area contributed by atoms with Crippen LogP contribution in [0.5, 0.6) is 0 Å². The van der Waals surface area contributed by atoms with Gasteiger partial charge in [0.1, 0.15) is 0 Å². The van der Waals surface area contributed by atoms with Gasteiger partial charge in [-0.05, 0) is 90.8 Å². The molecule has 5 aliphatic rings. The fourth-order valence-corrected chi connectivity index (χ4v) is 9.78. The Hall–Kier alpha value is -0.160. The Kier molecular flexibility index (Phi) is 6.05. The minimum Gasteiger partial charge on any atom is -0.396 e. The third-order valence-electron chi connectivity index (χ3n) is 11.8. The van der Waals surface area contributed by atoms with Crippen molar-refractivity contribution in [3.05, 3.63) is 0 Å². The number of fused-ring (bicyclic) bond motifs is 3. The predicted molar refractivity (Wildman–Crippen MR) is 126 cm³/mol. The maximum atomic E-state index is 10.8. The summed E-state index contributed by atoms with van der Waals surface area (Å²) in [5, 5.41) is 21.1. The first-order chi connectivity index (χ1) is 15.2. The zero-order valence-electron chi connectivity index (χ0n) is 21.2. The Morgan fingerprint density at radius 1 is 0.812 bits per heavy atom. The molecule has 12 atom stereocenters. The normalized spacial score (nSPS) is 58.0. The van der Waals surface area contributed by atoms with Gasteiger partial charge in [0.2, 0.25) is 0 Å². The quantitative estimate of drug-likeness (QED) is 0.618. The molecular formula is C28H48O4. The average molecular weight is 449 g/mol. The highest BCUT2D eigenvalue weighted by atomic mass is 16.7. The summed E-state index contributed by atoms with van der Waals surface area (Å²) in [5.74, 6) is 3.63. The van der Waals surface area contributed by atoms with E-state index in [0.717, 1.165) is 25.9 Å². The van der Waals surface area contributed by atoms with Crippen LogP contribution in [-0.2, 0) is 9.47 Å². The fraction of sp³-hybridized carbons (Fsp3) is 1.00. The first-order valence-corrected chi connectivity index (χ1v) is 13.7. The van der Waals surface area contributed by atoms with Crippen LogP contribution in [0.15, 0.2) is 0 Å². The summed E-state index contributed by atoms with van der Waals surface area (Å²) in [5.41, 5.74) is 0.362. The van der Waals surface area contributed by atoms with Crippen molar-refractivity contribution in [3.8, 4) is 0 Å². The molecule has 1 spiro atoms. The van der Waals surface area contributed by atoms with Crippen molar-refractivity contribution in [2.75, 3.05) is 19.8 Å². The van der Waals surface area contributed by atoms with Gasteiger partial charge in [0.25, 0.3) is 0 Å². The Labute approximate surface area is 195 Å². The van der Waals surface area contributed by atoms with E-state index in [1.807, 2.05) is 0 Å². The lowest BCUT2D eigenvalue weighted by Gasteiger charge is -2.57.